The number of benzene rings is 1. The number of aromatic nitrogens is 1. The highest BCUT2D eigenvalue weighted by Gasteiger charge is 2.31. The number of carbonyl (C=O) groups excluding carboxylic acids is 1. The molecule has 2 aromatic rings. The fourth-order valence-electron chi connectivity index (χ4n) is 1.59. The highest BCUT2D eigenvalue weighted by Crippen LogP contribution is 2.24. The monoisotopic (exact) mass is 301 g/mol. The highest BCUT2D eigenvalue weighted by atomic mass is 32.1. The third-order valence-corrected chi connectivity index (χ3v) is 3.33. The zero-order valence-electron chi connectivity index (χ0n) is 10.4. The Morgan fingerprint density at radius 2 is 2.15 bits per heavy atom. The molecule has 3 nitrogen and oxygen atoms in total. The summed E-state index contributed by atoms with van der Waals surface area (Å²) in [5.41, 5.74) is 0.978. The lowest BCUT2D eigenvalue weighted by Gasteiger charge is -2.09. The van der Waals surface area contributed by atoms with Crippen LogP contribution in [0.4, 0.5) is 13.2 Å². The van der Waals surface area contributed by atoms with E-state index in [2.05, 4.69) is 9.72 Å². The Labute approximate surface area is 117 Å². The number of carbonyl (C=O) groups is 1. The Balaban J connectivity index is 2.12. The third-order valence-electron chi connectivity index (χ3n) is 2.37. The van der Waals surface area contributed by atoms with Gasteiger partial charge in [0.25, 0.3) is 0 Å². The predicted octanol–water partition coefficient (Wildman–Crippen LogP) is 3.78. The second-order valence-electron chi connectivity index (χ2n) is 4.06. The summed E-state index contributed by atoms with van der Waals surface area (Å²) in [6, 6.07) is 5.03. The Morgan fingerprint density at radius 1 is 1.40 bits per heavy atom. The number of nitrogens with zero attached hydrogens (tertiary/aromatic N) is 1. The van der Waals surface area contributed by atoms with E-state index in [0.717, 1.165) is 17.8 Å². The topological polar surface area (TPSA) is 39.2 Å². The van der Waals surface area contributed by atoms with Gasteiger partial charge in [-0.05, 0) is 19.1 Å². The molecule has 0 bridgehead atoms. The van der Waals surface area contributed by atoms with Gasteiger partial charge >= 0.3 is 6.36 Å². The quantitative estimate of drug-likeness (QED) is 0.807. The van der Waals surface area contributed by atoms with Crippen LogP contribution in [0.3, 0.4) is 0 Å². The summed E-state index contributed by atoms with van der Waals surface area (Å²) in [6.45, 7) is 1.81. The number of aryl methyl sites for hydroxylation is 1. The van der Waals surface area contributed by atoms with Gasteiger partial charge in [-0.2, -0.15) is 0 Å². The minimum absolute atomic E-state index is 0.0635. The van der Waals surface area contributed by atoms with Gasteiger partial charge in [-0.1, -0.05) is 12.1 Å². The van der Waals surface area contributed by atoms with Crippen LogP contribution in [0.25, 0.3) is 0 Å². The summed E-state index contributed by atoms with van der Waals surface area (Å²) in [4.78, 5) is 16.1. The van der Waals surface area contributed by atoms with Crippen molar-refractivity contribution in [1.29, 1.82) is 0 Å². The molecule has 106 valence electrons. The van der Waals surface area contributed by atoms with Crippen LogP contribution in [-0.2, 0) is 6.42 Å². The van der Waals surface area contributed by atoms with E-state index in [1.165, 1.54) is 23.5 Å². The lowest BCUT2D eigenvalue weighted by Crippen LogP contribution is -2.17. The Kier molecular flexibility index (Phi) is 4.08. The van der Waals surface area contributed by atoms with E-state index < -0.39 is 12.1 Å². The average molecular weight is 301 g/mol. The van der Waals surface area contributed by atoms with Crippen molar-refractivity contribution < 1.29 is 22.7 Å². The van der Waals surface area contributed by atoms with Crippen LogP contribution in [0.2, 0.25) is 0 Å². The molecule has 0 amide bonds. The van der Waals surface area contributed by atoms with Gasteiger partial charge in [0.2, 0.25) is 0 Å². The van der Waals surface area contributed by atoms with Gasteiger partial charge in [0, 0.05) is 16.6 Å². The van der Waals surface area contributed by atoms with E-state index in [4.69, 9.17) is 0 Å². The Bertz CT molecular complexity index is 622. The number of ketones is 1. The number of Topliss-reactive ketones (excluding diaryl/α,β-unsaturated/α-hetero) is 1. The number of alkyl halides is 3. The number of rotatable bonds is 4. The number of thiazole rings is 1. The zero-order chi connectivity index (χ0) is 14.8. The Hall–Kier alpha value is -1.89. The van der Waals surface area contributed by atoms with Gasteiger partial charge in [-0.3, -0.25) is 4.79 Å². The first-order valence-corrected chi connectivity index (χ1v) is 6.51. The van der Waals surface area contributed by atoms with Gasteiger partial charge in [0.1, 0.15) is 10.8 Å². The number of hydrogen-bond acceptors (Lipinski definition) is 4. The molecule has 7 heteroatoms. The second-order valence-corrected chi connectivity index (χ2v) is 5.00. The molecule has 2 rings (SSSR count). The van der Waals surface area contributed by atoms with Gasteiger partial charge in [0.05, 0.1) is 6.42 Å². The molecule has 0 aliphatic carbocycles. The fraction of sp³-hybridized carbons (Fsp3) is 0.231. The second kappa shape index (κ2) is 5.62. The molecule has 0 radical (unpaired) electrons. The van der Waals surface area contributed by atoms with Crippen molar-refractivity contribution in [1.82, 2.24) is 4.98 Å². The minimum Gasteiger partial charge on any atom is -0.406 e. The molecule has 0 spiro atoms. The first-order chi connectivity index (χ1) is 9.33. The minimum atomic E-state index is -4.77. The van der Waals surface area contributed by atoms with E-state index >= 15 is 0 Å². The van der Waals surface area contributed by atoms with Gasteiger partial charge in [-0.25, -0.2) is 4.98 Å². The van der Waals surface area contributed by atoms with Crippen molar-refractivity contribution in [2.45, 2.75) is 19.7 Å². The van der Waals surface area contributed by atoms with Gasteiger partial charge in [-0.15, -0.1) is 24.5 Å². The molecule has 0 aliphatic heterocycles. The molecule has 0 N–H and O–H groups in total. The average Bonchev–Trinajstić information content (AvgIpc) is 2.73. The van der Waals surface area contributed by atoms with Crippen LogP contribution in [0, 0.1) is 6.92 Å². The number of ether oxygens (including phenoxy) is 1. The van der Waals surface area contributed by atoms with Crippen LogP contribution >= 0.6 is 11.3 Å². The summed E-state index contributed by atoms with van der Waals surface area (Å²) in [5, 5.41) is 2.45. The highest BCUT2D eigenvalue weighted by molar-refractivity contribution is 7.09. The first kappa shape index (κ1) is 14.5. The molecule has 0 atom stereocenters. The van der Waals surface area contributed by atoms with Crippen molar-refractivity contribution >= 4 is 17.1 Å². The number of halogens is 3. The summed E-state index contributed by atoms with van der Waals surface area (Å²) < 4.78 is 40.1. The Morgan fingerprint density at radius 3 is 2.75 bits per heavy atom. The largest absolute Gasteiger partial charge is 0.573 e. The maximum atomic E-state index is 12.1. The lowest BCUT2D eigenvalue weighted by molar-refractivity contribution is -0.274. The van der Waals surface area contributed by atoms with E-state index in [1.54, 1.807) is 0 Å². The van der Waals surface area contributed by atoms with Crippen LogP contribution in [0.5, 0.6) is 5.75 Å². The molecule has 1 aromatic heterocycles. The van der Waals surface area contributed by atoms with Crippen molar-refractivity contribution in [3.8, 4) is 5.75 Å². The SMILES string of the molecule is Cc1csc(CC(=O)c2cccc(OC(F)(F)F)c2)n1. The third kappa shape index (κ3) is 4.06. The standard InChI is InChI=1S/C13H10F3NO2S/c1-8-7-20-12(17-8)6-11(18)9-3-2-4-10(5-9)19-13(14,15)16/h2-5,7H,6H2,1H3. The summed E-state index contributed by atoms with van der Waals surface area (Å²) in [6.07, 6.45) is -4.71. The van der Waals surface area contributed by atoms with Crippen molar-refractivity contribution in [2.24, 2.45) is 0 Å². The van der Waals surface area contributed by atoms with Crippen LogP contribution in [0.15, 0.2) is 29.6 Å². The normalized spacial score (nSPS) is 11.4. The summed E-state index contributed by atoms with van der Waals surface area (Å²) in [5.74, 6) is -0.703. The first-order valence-electron chi connectivity index (χ1n) is 5.63. The van der Waals surface area contributed by atoms with E-state index in [1.807, 2.05) is 12.3 Å². The van der Waals surface area contributed by atoms with Crippen molar-refractivity contribution in [3.63, 3.8) is 0 Å². The molecule has 20 heavy (non-hydrogen) atoms. The maximum Gasteiger partial charge on any atom is 0.573 e. The van der Waals surface area contributed by atoms with Crippen LogP contribution in [0.1, 0.15) is 21.1 Å². The number of hydrogen-bond donors (Lipinski definition) is 0. The van der Waals surface area contributed by atoms with Crippen LogP contribution in [-0.4, -0.2) is 17.1 Å². The van der Waals surface area contributed by atoms with E-state index in [9.17, 15) is 18.0 Å². The predicted molar refractivity (Wildman–Crippen MR) is 68.0 cm³/mol. The van der Waals surface area contributed by atoms with E-state index in [-0.39, 0.29) is 17.8 Å². The van der Waals surface area contributed by atoms with E-state index in [0.29, 0.717) is 5.01 Å². The smallest absolute Gasteiger partial charge is 0.406 e. The van der Waals surface area contributed by atoms with Crippen LogP contribution < -0.4 is 4.74 Å². The summed E-state index contributed by atoms with van der Waals surface area (Å²) >= 11 is 1.34. The molecular formula is C13H10F3NO2S. The molecule has 1 heterocycles. The van der Waals surface area contributed by atoms with Crippen molar-refractivity contribution in [3.05, 3.63) is 45.9 Å². The van der Waals surface area contributed by atoms with Crippen molar-refractivity contribution in [2.75, 3.05) is 0 Å². The molecular weight excluding hydrogens is 291 g/mol. The molecule has 0 fully saturated rings. The van der Waals surface area contributed by atoms with Gasteiger partial charge in [0.15, 0.2) is 5.78 Å². The molecule has 0 saturated heterocycles. The molecule has 0 aliphatic rings. The zero-order valence-corrected chi connectivity index (χ0v) is 11.2. The molecule has 0 saturated carbocycles. The summed E-state index contributed by atoms with van der Waals surface area (Å²) in [7, 11) is 0. The maximum absolute atomic E-state index is 12.1. The molecule has 1 aromatic carbocycles. The van der Waals surface area contributed by atoms with Gasteiger partial charge < -0.3 is 4.74 Å². The molecule has 0 unspecified atom stereocenters. The fourth-order valence-corrected chi connectivity index (χ4v) is 2.36. The lowest BCUT2D eigenvalue weighted by atomic mass is 10.1.